The van der Waals surface area contributed by atoms with Gasteiger partial charge in [0.25, 0.3) is 0 Å². The number of rotatable bonds is 7. The van der Waals surface area contributed by atoms with Crippen LogP contribution in [0.2, 0.25) is 0 Å². The van der Waals surface area contributed by atoms with Gasteiger partial charge in [-0.15, -0.1) is 0 Å². The molecule has 5 heteroatoms. The summed E-state index contributed by atoms with van der Waals surface area (Å²) in [6, 6.07) is 39.5. The molecule has 55 heavy (non-hydrogen) atoms. The average molecular weight is 723 g/mol. The molecular weight excluding hydrogens is 683 g/mol. The van der Waals surface area contributed by atoms with Gasteiger partial charge in [-0.3, -0.25) is 0 Å². The normalized spacial score (nSPS) is 13.5. The Bertz CT molecular complexity index is 3420. The lowest BCUT2D eigenvalue weighted by molar-refractivity contribution is 0.627. The summed E-state index contributed by atoms with van der Waals surface area (Å²) in [4.78, 5) is 3.21. The average Bonchev–Trinajstić information content (AvgIpc) is 3.68. The highest BCUT2D eigenvalue weighted by Gasteiger charge is 2.21. The van der Waals surface area contributed by atoms with E-state index in [2.05, 4.69) is 0 Å². The summed E-state index contributed by atoms with van der Waals surface area (Å²) in [5.74, 6) is -2.48. The number of benzene rings is 9. The predicted octanol–water partition coefficient (Wildman–Crippen LogP) is 14.8. The lowest BCUT2D eigenvalue weighted by Gasteiger charge is -2.27. The molecule has 0 fully saturated rings. The minimum atomic E-state index is -1.24. The molecule has 262 valence electrons. The quantitative estimate of drug-likeness (QED) is 0.163. The molecule has 0 radical (unpaired) electrons. The molecule has 0 amide bonds. The van der Waals surface area contributed by atoms with E-state index in [0.717, 1.165) is 21.9 Å². The Labute approximate surface area is 327 Å². The first-order valence-electron chi connectivity index (χ1n) is 21.6. The van der Waals surface area contributed by atoms with Crippen molar-refractivity contribution in [2.75, 3.05) is 9.80 Å². The molecule has 0 saturated carbocycles. The van der Waals surface area contributed by atoms with Gasteiger partial charge in [-0.1, -0.05) is 91.0 Å². The maximum Gasteiger partial charge on any atom is 0.143 e. The highest BCUT2D eigenvalue weighted by molar-refractivity contribution is 6.21. The first-order valence-corrected chi connectivity index (χ1v) is 17.6. The zero-order valence-corrected chi connectivity index (χ0v) is 28.9. The molecule has 1 heterocycles. The zero-order valence-electron chi connectivity index (χ0n) is 36.9. The van der Waals surface area contributed by atoms with Crippen LogP contribution in [-0.2, 0) is 0 Å². The second-order valence-corrected chi connectivity index (χ2v) is 13.0. The van der Waals surface area contributed by atoms with E-state index in [4.69, 9.17) is 15.4 Å². The van der Waals surface area contributed by atoms with Crippen LogP contribution in [0, 0.1) is 11.6 Å². The van der Waals surface area contributed by atoms with Crippen LogP contribution < -0.4 is 9.80 Å². The zero-order chi connectivity index (χ0) is 43.8. The van der Waals surface area contributed by atoms with E-state index < -0.39 is 60.0 Å². The van der Waals surface area contributed by atoms with Crippen LogP contribution in [0.15, 0.2) is 198 Å². The fourth-order valence-corrected chi connectivity index (χ4v) is 7.24. The van der Waals surface area contributed by atoms with Gasteiger partial charge in [0.1, 0.15) is 22.8 Å². The molecule has 0 bridgehead atoms. The molecule has 0 saturated heterocycles. The Hall–Kier alpha value is -7.24. The van der Waals surface area contributed by atoms with E-state index in [1.165, 1.54) is 0 Å². The molecule has 0 aliphatic rings. The highest BCUT2D eigenvalue weighted by Crippen LogP contribution is 2.45. The highest BCUT2D eigenvalue weighted by atomic mass is 19.1. The van der Waals surface area contributed by atoms with Crippen LogP contribution in [0.1, 0.15) is 11.0 Å². The third-order valence-corrected chi connectivity index (χ3v) is 9.75. The van der Waals surface area contributed by atoms with E-state index >= 15 is 0 Å². The van der Waals surface area contributed by atoms with Gasteiger partial charge in [0.05, 0.1) is 16.7 Å². The van der Waals surface area contributed by atoms with Gasteiger partial charge >= 0.3 is 0 Å². The van der Waals surface area contributed by atoms with E-state index in [1.54, 1.807) is 40.1 Å². The standard InChI is InChI=1S/C50H32F2N2O/c51-37-18-25-41(26-19-37)53(40-22-15-34(16-23-40)33-9-3-1-4-10-33)43-24-17-35-31-49-46(30-36(35)29-43)47-32-48(44-13-7-8-14-45(44)50(47)55-49)54(39-11-5-2-6-12-39)42-27-20-38(52)21-28-42/h1-32H/i18D,19D,20D,21D,25D,26D,27D,28D. The van der Waals surface area contributed by atoms with Crippen LogP contribution in [0.25, 0.3) is 54.6 Å². The van der Waals surface area contributed by atoms with E-state index in [0.29, 0.717) is 55.5 Å². The molecule has 1 aromatic heterocycles. The predicted molar refractivity (Wildman–Crippen MR) is 223 cm³/mol. The lowest BCUT2D eigenvalue weighted by atomic mass is 10.0. The number of fused-ring (bicyclic) bond motifs is 6. The van der Waals surface area contributed by atoms with Gasteiger partial charge in [0, 0.05) is 50.0 Å². The van der Waals surface area contributed by atoms with Crippen molar-refractivity contribution in [1.82, 2.24) is 0 Å². The monoisotopic (exact) mass is 722 g/mol. The smallest absolute Gasteiger partial charge is 0.143 e. The summed E-state index contributed by atoms with van der Waals surface area (Å²) in [5, 5.41) is 4.24. The van der Waals surface area contributed by atoms with Gasteiger partial charge in [-0.05, 0) is 125 Å². The SMILES string of the molecule is [2H]c1c([2H])c(N(c2ccc(-c3ccccc3)cc2)c2ccc3cc4oc5c6ccccc6c(N(c6ccccc6)c6c([2H])c([2H])c(F)c([2H])c6[2H])cc5c4cc3c2)c([2H])c([2H])c1F. The van der Waals surface area contributed by atoms with Crippen molar-refractivity contribution in [1.29, 1.82) is 0 Å². The number of para-hydroxylation sites is 1. The second kappa shape index (κ2) is 13.3. The summed E-state index contributed by atoms with van der Waals surface area (Å²) in [6.07, 6.45) is 0. The first-order chi connectivity index (χ1) is 30.4. The summed E-state index contributed by atoms with van der Waals surface area (Å²) in [5.41, 5.74) is 4.77. The Kier molecular flexibility index (Phi) is 6.03. The summed E-state index contributed by atoms with van der Waals surface area (Å²) in [7, 11) is 0. The van der Waals surface area contributed by atoms with E-state index in [9.17, 15) is 8.78 Å². The van der Waals surface area contributed by atoms with E-state index in [-0.39, 0.29) is 11.4 Å². The Morgan fingerprint density at radius 1 is 0.400 bits per heavy atom. The Morgan fingerprint density at radius 3 is 1.65 bits per heavy atom. The topological polar surface area (TPSA) is 19.6 Å². The summed E-state index contributed by atoms with van der Waals surface area (Å²) in [6.45, 7) is 0. The van der Waals surface area contributed by atoms with Crippen LogP contribution in [0.4, 0.5) is 42.9 Å². The Balaban J connectivity index is 1.21. The molecule has 0 aliphatic carbocycles. The maximum absolute atomic E-state index is 15.0. The van der Waals surface area contributed by atoms with Gasteiger partial charge < -0.3 is 14.2 Å². The molecular formula is C50H32F2N2O. The summed E-state index contributed by atoms with van der Waals surface area (Å²) >= 11 is 0. The van der Waals surface area contributed by atoms with Crippen LogP contribution in [-0.4, -0.2) is 0 Å². The van der Waals surface area contributed by atoms with Crippen LogP contribution in [0.3, 0.4) is 0 Å². The lowest BCUT2D eigenvalue weighted by Crippen LogP contribution is -2.10. The molecule has 0 atom stereocenters. The largest absolute Gasteiger partial charge is 0.455 e. The number of halogens is 2. The third-order valence-electron chi connectivity index (χ3n) is 9.75. The fraction of sp³-hybridized carbons (Fsp3) is 0. The minimum absolute atomic E-state index is 0.125. The third kappa shape index (κ3) is 5.83. The minimum Gasteiger partial charge on any atom is -0.455 e. The molecule has 10 aromatic rings. The van der Waals surface area contributed by atoms with Crippen molar-refractivity contribution >= 4 is 77.6 Å². The Morgan fingerprint density at radius 2 is 0.964 bits per heavy atom. The van der Waals surface area contributed by atoms with Crippen molar-refractivity contribution in [2.45, 2.75) is 0 Å². The maximum atomic E-state index is 15.0. The van der Waals surface area contributed by atoms with Gasteiger partial charge in [-0.2, -0.15) is 0 Å². The van der Waals surface area contributed by atoms with Crippen LogP contribution in [0.5, 0.6) is 0 Å². The number of anilines is 6. The second-order valence-electron chi connectivity index (χ2n) is 13.0. The molecule has 9 aromatic carbocycles. The van der Waals surface area contributed by atoms with Crippen molar-refractivity contribution < 1.29 is 24.2 Å². The van der Waals surface area contributed by atoms with Crippen molar-refractivity contribution in [2.24, 2.45) is 0 Å². The van der Waals surface area contributed by atoms with Gasteiger partial charge in [0.15, 0.2) is 0 Å². The van der Waals surface area contributed by atoms with Gasteiger partial charge in [-0.25, -0.2) is 8.78 Å². The molecule has 10 rings (SSSR count). The molecule has 3 nitrogen and oxygen atoms in total. The number of nitrogens with zero attached hydrogens (tertiary/aromatic N) is 2. The molecule has 0 aliphatic heterocycles. The van der Waals surface area contributed by atoms with Crippen LogP contribution >= 0.6 is 0 Å². The molecule has 0 N–H and O–H groups in total. The molecule has 0 spiro atoms. The first kappa shape index (κ1) is 24.9. The molecule has 0 unspecified atom stereocenters. The number of furan rings is 1. The van der Waals surface area contributed by atoms with E-state index in [1.807, 2.05) is 115 Å². The van der Waals surface area contributed by atoms with Crippen molar-refractivity contribution in [3.63, 3.8) is 0 Å². The summed E-state index contributed by atoms with van der Waals surface area (Å²) < 4.78 is 106. The fourth-order valence-electron chi connectivity index (χ4n) is 7.24. The van der Waals surface area contributed by atoms with Crippen molar-refractivity contribution in [3.8, 4) is 11.1 Å². The van der Waals surface area contributed by atoms with Crippen molar-refractivity contribution in [3.05, 3.63) is 206 Å². The number of hydrogen-bond donors (Lipinski definition) is 0. The number of hydrogen-bond acceptors (Lipinski definition) is 3. The van der Waals surface area contributed by atoms with Gasteiger partial charge in [0.2, 0.25) is 0 Å².